The highest BCUT2D eigenvalue weighted by molar-refractivity contribution is 6.14. The van der Waals surface area contributed by atoms with Crippen LogP contribution in [0.2, 0.25) is 0 Å². The van der Waals surface area contributed by atoms with Crippen LogP contribution in [0.1, 0.15) is 12.0 Å². The van der Waals surface area contributed by atoms with Crippen molar-refractivity contribution in [2.75, 3.05) is 73.6 Å². The van der Waals surface area contributed by atoms with Gasteiger partial charge in [0.15, 0.2) is 0 Å². The summed E-state index contributed by atoms with van der Waals surface area (Å²) in [5.41, 5.74) is 0.977. The van der Waals surface area contributed by atoms with Crippen molar-refractivity contribution in [3.63, 3.8) is 0 Å². The number of likely N-dealkylation sites (N-methyl/N-ethyl adjacent to an activating group) is 2. The molecular weight excluding hydrogens is 410 g/mol. The van der Waals surface area contributed by atoms with Crippen LogP contribution in [0.25, 0.3) is 6.08 Å². The first-order valence-electron chi connectivity index (χ1n) is 11.1. The van der Waals surface area contributed by atoms with E-state index in [-0.39, 0.29) is 12.2 Å². The summed E-state index contributed by atoms with van der Waals surface area (Å²) < 4.78 is 5.13. The molecule has 1 atom stereocenters. The van der Waals surface area contributed by atoms with Gasteiger partial charge in [-0.2, -0.15) is 0 Å². The summed E-state index contributed by atoms with van der Waals surface area (Å²) in [6.07, 6.45) is 1.83. The minimum Gasteiger partial charge on any atom is -0.497 e. The van der Waals surface area contributed by atoms with Crippen molar-refractivity contribution >= 4 is 18.0 Å². The molecule has 176 valence electrons. The number of hydrogen-bond donors (Lipinski definition) is 2. The summed E-state index contributed by atoms with van der Waals surface area (Å²) in [4.78, 5) is 32.9. The zero-order valence-electron chi connectivity index (χ0n) is 19.3. The van der Waals surface area contributed by atoms with E-state index >= 15 is 0 Å². The van der Waals surface area contributed by atoms with Gasteiger partial charge in [0, 0.05) is 32.7 Å². The smallest absolute Gasteiger partial charge is 0.329 e. The lowest BCUT2D eigenvalue weighted by Gasteiger charge is -2.32. The first-order valence-corrected chi connectivity index (χ1v) is 11.1. The van der Waals surface area contributed by atoms with Crippen molar-refractivity contribution in [2.24, 2.45) is 0 Å². The molecule has 0 radical (unpaired) electrons. The number of ether oxygens (including phenoxy) is 1. The number of aliphatic hydroxyl groups excluding tert-OH is 1. The van der Waals surface area contributed by atoms with Crippen molar-refractivity contribution in [1.29, 1.82) is 0 Å². The summed E-state index contributed by atoms with van der Waals surface area (Å²) in [5, 5.41) is 13.1. The van der Waals surface area contributed by atoms with Crippen molar-refractivity contribution < 1.29 is 19.4 Å². The molecule has 9 nitrogen and oxygen atoms in total. The third-order valence-electron chi connectivity index (χ3n) is 5.91. The third-order valence-corrected chi connectivity index (χ3v) is 5.91. The number of nitrogens with one attached hydrogen (secondary N) is 1. The second-order valence-corrected chi connectivity index (χ2v) is 8.59. The summed E-state index contributed by atoms with van der Waals surface area (Å²) in [6, 6.07) is 6.68. The molecule has 0 spiro atoms. The Kier molecular flexibility index (Phi) is 8.63. The van der Waals surface area contributed by atoms with Gasteiger partial charge in [-0.05, 0) is 57.4 Å². The fraction of sp³-hybridized carbons (Fsp3) is 0.565. The molecule has 32 heavy (non-hydrogen) atoms. The maximum Gasteiger partial charge on any atom is 0.329 e. The lowest BCUT2D eigenvalue weighted by Crippen LogP contribution is -2.45. The largest absolute Gasteiger partial charge is 0.497 e. The number of urea groups is 1. The van der Waals surface area contributed by atoms with Gasteiger partial charge >= 0.3 is 6.03 Å². The molecule has 2 aliphatic heterocycles. The van der Waals surface area contributed by atoms with E-state index in [1.165, 1.54) is 0 Å². The van der Waals surface area contributed by atoms with Crippen LogP contribution in [-0.2, 0) is 4.79 Å². The van der Waals surface area contributed by atoms with Crippen LogP contribution in [0, 0.1) is 0 Å². The van der Waals surface area contributed by atoms with Gasteiger partial charge < -0.3 is 29.9 Å². The SMILES string of the molecule is COc1ccc(/C=C2\NC(=O)N(CC(O)CN(C)CCCN3CCN(C)CC3)C2=O)cc1. The van der Waals surface area contributed by atoms with Crippen LogP contribution in [0.15, 0.2) is 30.0 Å². The summed E-state index contributed by atoms with van der Waals surface area (Å²) in [5.74, 6) is 0.286. The molecule has 2 aliphatic rings. The van der Waals surface area contributed by atoms with Gasteiger partial charge in [-0.3, -0.25) is 9.69 Å². The van der Waals surface area contributed by atoms with Crippen LogP contribution < -0.4 is 10.1 Å². The van der Waals surface area contributed by atoms with Crippen LogP contribution in [0.5, 0.6) is 5.75 Å². The zero-order valence-corrected chi connectivity index (χ0v) is 19.3. The van der Waals surface area contributed by atoms with Crippen molar-refractivity contribution in [1.82, 2.24) is 24.9 Å². The molecule has 3 amide bonds. The lowest BCUT2D eigenvalue weighted by atomic mass is 10.2. The Bertz CT molecular complexity index is 805. The third kappa shape index (κ3) is 6.77. The predicted molar refractivity (Wildman–Crippen MR) is 123 cm³/mol. The topological polar surface area (TPSA) is 88.6 Å². The fourth-order valence-electron chi connectivity index (χ4n) is 3.96. The Morgan fingerprint density at radius 1 is 1.19 bits per heavy atom. The van der Waals surface area contributed by atoms with Gasteiger partial charge in [-0.25, -0.2) is 4.79 Å². The number of aliphatic hydroxyl groups is 1. The molecule has 1 aromatic carbocycles. The van der Waals surface area contributed by atoms with Crippen LogP contribution in [-0.4, -0.2) is 116 Å². The summed E-state index contributed by atoms with van der Waals surface area (Å²) in [6.45, 7) is 6.67. The molecule has 2 N–H and O–H groups in total. The molecule has 0 aliphatic carbocycles. The van der Waals surface area contributed by atoms with Gasteiger partial charge in [0.1, 0.15) is 11.4 Å². The van der Waals surface area contributed by atoms with Gasteiger partial charge in [0.2, 0.25) is 0 Å². The Labute approximate surface area is 190 Å². The van der Waals surface area contributed by atoms with Gasteiger partial charge in [-0.1, -0.05) is 12.1 Å². The van der Waals surface area contributed by atoms with Crippen molar-refractivity contribution in [2.45, 2.75) is 12.5 Å². The van der Waals surface area contributed by atoms with E-state index in [0.717, 1.165) is 56.2 Å². The molecule has 2 saturated heterocycles. The lowest BCUT2D eigenvalue weighted by molar-refractivity contribution is -0.124. The Hall–Kier alpha value is -2.46. The number of nitrogens with zero attached hydrogens (tertiary/aromatic N) is 4. The highest BCUT2D eigenvalue weighted by atomic mass is 16.5. The number of benzene rings is 1. The molecule has 0 saturated carbocycles. The van der Waals surface area contributed by atoms with Crippen LogP contribution >= 0.6 is 0 Å². The average molecular weight is 446 g/mol. The quantitative estimate of drug-likeness (QED) is 0.401. The zero-order chi connectivity index (χ0) is 23.1. The van der Waals surface area contributed by atoms with E-state index in [1.807, 2.05) is 11.9 Å². The van der Waals surface area contributed by atoms with E-state index in [0.29, 0.717) is 12.3 Å². The minimum atomic E-state index is -0.807. The molecule has 0 aromatic heterocycles. The standard InChI is InChI=1S/C23H35N5O4/c1-25-11-13-27(14-12-25)10-4-9-26(2)16-19(29)17-28-22(30)21(24-23(28)31)15-18-5-7-20(32-3)8-6-18/h5-8,15,19,29H,4,9-14,16-17H2,1-3H3,(H,24,31)/b21-15-. The summed E-state index contributed by atoms with van der Waals surface area (Å²) in [7, 11) is 5.69. The number of rotatable bonds is 10. The van der Waals surface area contributed by atoms with Crippen molar-refractivity contribution in [3.05, 3.63) is 35.5 Å². The predicted octanol–water partition coefficient (Wildman–Crippen LogP) is 0.518. The van der Waals surface area contributed by atoms with E-state index in [9.17, 15) is 14.7 Å². The number of carbonyl (C=O) groups excluding carboxylic acids is 2. The van der Waals surface area contributed by atoms with Gasteiger partial charge in [0.05, 0.1) is 19.8 Å². The van der Waals surface area contributed by atoms with E-state index in [2.05, 4.69) is 22.2 Å². The Balaban J connectivity index is 1.43. The van der Waals surface area contributed by atoms with Gasteiger partial charge in [-0.15, -0.1) is 0 Å². The monoisotopic (exact) mass is 445 g/mol. The molecule has 0 bridgehead atoms. The van der Waals surface area contributed by atoms with E-state index in [4.69, 9.17) is 4.74 Å². The molecule has 3 rings (SSSR count). The second-order valence-electron chi connectivity index (χ2n) is 8.59. The highest BCUT2D eigenvalue weighted by Gasteiger charge is 2.34. The number of amides is 3. The normalized spacial score (nSPS) is 20.3. The Morgan fingerprint density at radius 3 is 2.53 bits per heavy atom. The first-order chi connectivity index (χ1) is 15.4. The first kappa shape index (κ1) is 24.2. The number of hydrogen-bond acceptors (Lipinski definition) is 7. The minimum absolute atomic E-state index is 0.0343. The van der Waals surface area contributed by atoms with E-state index < -0.39 is 18.0 Å². The maximum atomic E-state index is 12.7. The molecule has 2 heterocycles. The number of imide groups is 1. The highest BCUT2D eigenvalue weighted by Crippen LogP contribution is 2.17. The van der Waals surface area contributed by atoms with Gasteiger partial charge in [0.25, 0.3) is 5.91 Å². The average Bonchev–Trinajstić information content (AvgIpc) is 3.03. The summed E-state index contributed by atoms with van der Waals surface area (Å²) >= 11 is 0. The maximum absolute atomic E-state index is 12.7. The van der Waals surface area contributed by atoms with Crippen molar-refractivity contribution in [3.8, 4) is 5.75 Å². The number of piperazine rings is 1. The number of β-amino-alcohol motifs (C(OH)–C–C–N with tert-alkyl or cyclic N) is 1. The molecular formula is C23H35N5O4. The number of methoxy groups -OCH3 is 1. The van der Waals surface area contributed by atoms with E-state index in [1.54, 1.807) is 37.5 Å². The molecule has 2 fully saturated rings. The number of carbonyl (C=O) groups is 2. The van der Waals surface area contributed by atoms with Crippen LogP contribution in [0.4, 0.5) is 4.79 Å². The molecule has 1 unspecified atom stereocenters. The second kappa shape index (κ2) is 11.4. The molecule has 1 aromatic rings. The Morgan fingerprint density at radius 2 is 1.88 bits per heavy atom. The fourth-order valence-corrected chi connectivity index (χ4v) is 3.96. The van der Waals surface area contributed by atoms with Crippen LogP contribution in [0.3, 0.4) is 0 Å². The molecule has 9 heteroatoms.